The van der Waals surface area contributed by atoms with Crippen molar-refractivity contribution in [1.82, 2.24) is 0 Å². The molecule has 2 unspecified atom stereocenters. The molecule has 1 aromatic rings. The molecular formula is C15H20O. The van der Waals surface area contributed by atoms with Crippen LogP contribution in [0.4, 0.5) is 0 Å². The Bertz CT molecular complexity index is 353. The Morgan fingerprint density at radius 3 is 2.38 bits per heavy atom. The summed E-state index contributed by atoms with van der Waals surface area (Å²) in [5, 5.41) is 9.46. The van der Waals surface area contributed by atoms with Gasteiger partial charge in [-0.2, -0.15) is 0 Å². The number of rotatable bonds is 3. The quantitative estimate of drug-likeness (QED) is 0.823. The fourth-order valence-corrected chi connectivity index (χ4v) is 3.85. The molecule has 0 spiro atoms. The van der Waals surface area contributed by atoms with Gasteiger partial charge in [-0.05, 0) is 36.7 Å². The van der Waals surface area contributed by atoms with Gasteiger partial charge < -0.3 is 5.11 Å². The first-order valence-electron chi connectivity index (χ1n) is 6.54. The van der Waals surface area contributed by atoms with E-state index in [0.717, 1.165) is 5.92 Å². The van der Waals surface area contributed by atoms with Gasteiger partial charge in [0.1, 0.15) is 0 Å². The van der Waals surface area contributed by atoms with Crippen molar-refractivity contribution in [2.75, 3.05) is 6.61 Å². The second-order valence-corrected chi connectivity index (χ2v) is 5.47. The Labute approximate surface area is 97.5 Å². The molecular weight excluding hydrogens is 196 g/mol. The number of hydrogen-bond acceptors (Lipinski definition) is 1. The highest BCUT2D eigenvalue weighted by Crippen LogP contribution is 2.62. The summed E-state index contributed by atoms with van der Waals surface area (Å²) in [6.07, 6.45) is 6.71. The van der Waals surface area contributed by atoms with Crippen LogP contribution in [0.2, 0.25) is 0 Å². The normalized spacial score (nSPS) is 34.2. The van der Waals surface area contributed by atoms with E-state index in [1.165, 1.54) is 37.7 Å². The van der Waals surface area contributed by atoms with E-state index < -0.39 is 0 Å². The molecule has 0 bridgehead atoms. The lowest BCUT2D eigenvalue weighted by Crippen LogP contribution is -2.21. The molecule has 2 saturated carbocycles. The Kier molecular flexibility index (Phi) is 2.51. The monoisotopic (exact) mass is 216 g/mol. The maximum Gasteiger partial charge on any atom is 0.0468 e. The molecule has 86 valence electrons. The number of benzene rings is 1. The van der Waals surface area contributed by atoms with Crippen LogP contribution in [0.15, 0.2) is 30.3 Å². The highest BCUT2D eigenvalue weighted by molar-refractivity contribution is 5.35. The molecule has 1 aromatic carbocycles. The third-order valence-electron chi connectivity index (χ3n) is 4.77. The van der Waals surface area contributed by atoms with Crippen LogP contribution in [0.25, 0.3) is 0 Å². The summed E-state index contributed by atoms with van der Waals surface area (Å²) in [6.45, 7) is 0.366. The maximum absolute atomic E-state index is 9.46. The summed E-state index contributed by atoms with van der Waals surface area (Å²) >= 11 is 0. The van der Waals surface area contributed by atoms with Gasteiger partial charge in [0.05, 0.1) is 0 Å². The van der Waals surface area contributed by atoms with Crippen LogP contribution in [0, 0.1) is 11.8 Å². The van der Waals surface area contributed by atoms with Crippen molar-refractivity contribution in [2.45, 2.75) is 37.5 Å². The lowest BCUT2D eigenvalue weighted by molar-refractivity contribution is 0.246. The SMILES string of the molecule is OCC1CC1(c1ccccc1)C1CCCC1. The van der Waals surface area contributed by atoms with Crippen molar-refractivity contribution in [1.29, 1.82) is 0 Å². The molecule has 0 aliphatic heterocycles. The van der Waals surface area contributed by atoms with Crippen molar-refractivity contribution in [2.24, 2.45) is 11.8 Å². The summed E-state index contributed by atoms with van der Waals surface area (Å²) in [7, 11) is 0. The zero-order chi connectivity index (χ0) is 11.0. The average Bonchev–Trinajstić information content (AvgIpc) is 2.84. The van der Waals surface area contributed by atoms with Crippen molar-refractivity contribution >= 4 is 0 Å². The third kappa shape index (κ3) is 1.41. The summed E-state index contributed by atoms with van der Waals surface area (Å²) < 4.78 is 0. The predicted molar refractivity (Wildman–Crippen MR) is 65.3 cm³/mol. The van der Waals surface area contributed by atoms with E-state index in [0.29, 0.717) is 17.9 Å². The van der Waals surface area contributed by atoms with Gasteiger partial charge >= 0.3 is 0 Å². The summed E-state index contributed by atoms with van der Waals surface area (Å²) in [6, 6.07) is 10.9. The predicted octanol–water partition coefficient (Wildman–Crippen LogP) is 3.13. The molecule has 0 aromatic heterocycles. The number of aliphatic hydroxyl groups is 1. The molecule has 0 heterocycles. The molecule has 16 heavy (non-hydrogen) atoms. The number of hydrogen-bond donors (Lipinski definition) is 1. The van der Waals surface area contributed by atoms with Gasteiger partial charge in [0.2, 0.25) is 0 Å². The lowest BCUT2D eigenvalue weighted by Gasteiger charge is -2.25. The Balaban J connectivity index is 1.92. The van der Waals surface area contributed by atoms with Gasteiger partial charge in [0, 0.05) is 12.0 Å². The minimum atomic E-state index is 0.340. The molecule has 2 fully saturated rings. The second kappa shape index (κ2) is 3.89. The molecule has 0 radical (unpaired) electrons. The van der Waals surface area contributed by atoms with Gasteiger partial charge in [0.25, 0.3) is 0 Å². The second-order valence-electron chi connectivity index (χ2n) is 5.47. The molecule has 2 aliphatic carbocycles. The topological polar surface area (TPSA) is 20.2 Å². The van der Waals surface area contributed by atoms with Crippen LogP contribution in [0.1, 0.15) is 37.7 Å². The van der Waals surface area contributed by atoms with Crippen LogP contribution in [0.5, 0.6) is 0 Å². The highest BCUT2D eigenvalue weighted by Gasteiger charge is 2.59. The van der Waals surface area contributed by atoms with E-state index >= 15 is 0 Å². The Morgan fingerprint density at radius 2 is 1.81 bits per heavy atom. The van der Waals surface area contributed by atoms with Crippen LogP contribution in [-0.2, 0) is 5.41 Å². The Hall–Kier alpha value is -0.820. The molecule has 1 nitrogen and oxygen atoms in total. The van der Waals surface area contributed by atoms with Crippen molar-refractivity contribution < 1.29 is 5.11 Å². The molecule has 0 amide bonds. The fraction of sp³-hybridized carbons (Fsp3) is 0.600. The zero-order valence-corrected chi connectivity index (χ0v) is 9.73. The maximum atomic E-state index is 9.46. The van der Waals surface area contributed by atoms with E-state index in [1.807, 2.05) is 0 Å². The standard InChI is InChI=1S/C15H20O/c16-11-14-10-15(14,13-8-4-5-9-13)12-6-2-1-3-7-12/h1-3,6-7,13-14,16H,4-5,8-11H2. The smallest absolute Gasteiger partial charge is 0.0468 e. The Morgan fingerprint density at radius 1 is 1.12 bits per heavy atom. The molecule has 1 N–H and O–H groups in total. The highest BCUT2D eigenvalue weighted by atomic mass is 16.3. The minimum Gasteiger partial charge on any atom is -0.396 e. The van der Waals surface area contributed by atoms with Gasteiger partial charge in [-0.15, -0.1) is 0 Å². The summed E-state index contributed by atoms with van der Waals surface area (Å²) in [5.41, 5.74) is 1.81. The molecule has 0 saturated heterocycles. The van der Waals surface area contributed by atoms with E-state index in [2.05, 4.69) is 30.3 Å². The average molecular weight is 216 g/mol. The van der Waals surface area contributed by atoms with E-state index in [1.54, 1.807) is 0 Å². The van der Waals surface area contributed by atoms with Crippen LogP contribution >= 0.6 is 0 Å². The van der Waals surface area contributed by atoms with Crippen molar-refractivity contribution in [3.63, 3.8) is 0 Å². The van der Waals surface area contributed by atoms with Gasteiger partial charge in [-0.1, -0.05) is 43.2 Å². The van der Waals surface area contributed by atoms with Crippen molar-refractivity contribution in [3.8, 4) is 0 Å². The van der Waals surface area contributed by atoms with E-state index in [4.69, 9.17) is 0 Å². The van der Waals surface area contributed by atoms with Gasteiger partial charge in [-0.25, -0.2) is 0 Å². The molecule has 3 rings (SSSR count). The zero-order valence-electron chi connectivity index (χ0n) is 9.73. The van der Waals surface area contributed by atoms with Crippen molar-refractivity contribution in [3.05, 3.63) is 35.9 Å². The number of aliphatic hydroxyl groups excluding tert-OH is 1. The first-order valence-corrected chi connectivity index (χ1v) is 6.54. The first-order chi connectivity index (χ1) is 7.88. The van der Waals surface area contributed by atoms with Crippen LogP contribution in [0.3, 0.4) is 0 Å². The van der Waals surface area contributed by atoms with Crippen LogP contribution < -0.4 is 0 Å². The molecule has 2 aliphatic rings. The van der Waals surface area contributed by atoms with E-state index in [9.17, 15) is 5.11 Å². The minimum absolute atomic E-state index is 0.340. The molecule has 1 heteroatoms. The largest absolute Gasteiger partial charge is 0.396 e. The van der Waals surface area contributed by atoms with Gasteiger partial charge in [-0.3, -0.25) is 0 Å². The first kappa shape index (κ1) is 10.3. The summed E-state index contributed by atoms with van der Waals surface area (Å²) in [5.74, 6) is 1.35. The third-order valence-corrected chi connectivity index (χ3v) is 4.77. The lowest BCUT2D eigenvalue weighted by atomic mass is 9.79. The summed E-state index contributed by atoms with van der Waals surface area (Å²) in [4.78, 5) is 0. The van der Waals surface area contributed by atoms with Gasteiger partial charge in [0.15, 0.2) is 0 Å². The van der Waals surface area contributed by atoms with Crippen LogP contribution in [-0.4, -0.2) is 11.7 Å². The molecule has 2 atom stereocenters. The van der Waals surface area contributed by atoms with E-state index in [-0.39, 0.29) is 0 Å². The fourth-order valence-electron chi connectivity index (χ4n) is 3.85.